The van der Waals surface area contributed by atoms with Crippen LogP contribution in [0.2, 0.25) is 5.02 Å². The Labute approximate surface area is 128 Å². The van der Waals surface area contributed by atoms with E-state index in [1.54, 1.807) is 0 Å². The van der Waals surface area contributed by atoms with Crippen LogP contribution in [0.5, 0.6) is 0 Å². The van der Waals surface area contributed by atoms with E-state index in [1.165, 1.54) is 18.2 Å². The number of benzene rings is 1. The number of rotatable bonds is 4. The zero-order chi connectivity index (χ0) is 14.8. The second-order valence-electron chi connectivity index (χ2n) is 4.51. The molecule has 0 atom stereocenters. The summed E-state index contributed by atoms with van der Waals surface area (Å²) in [6.45, 7) is 1.13. The van der Waals surface area contributed by atoms with Crippen molar-refractivity contribution in [2.75, 3.05) is 13.2 Å². The lowest BCUT2D eigenvalue weighted by Gasteiger charge is -2.23. The van der Waals surface area contributed by atoms with Crippen molar-refractivity contribution >= 4 is 38.8 Å². The average molecular weight is 335 g/mol. The first kappa shape index (κ1) is 15.7. The minimum absolute atomic E-state index is 0.106. The molecule has 8 heteroatoms. The van der Waals surface area contributed by atoms with Gasteiger partial charge in [0, 0.05) is 24.8 Å². The number of nitrogens with one attached hydrogen (secondary N) is 1. The molecule has 0 aromatic heterocycles. The number of hydrogen-bond acceptors (Lipinski definition) is 4. The molecule has 0 spiro atoms. The Hall–Kier alpha value is -0.730. The van der Waals surface area contributed by atoms with Crippen LogP contribution in [0.4, 0.5) is 0 Å². The fourth-order valence-corrected chi connectivity index (χ4v) is 3.88. The highest BCUT2D eigenvalue weighted by Gasteiger charge is 2.22. The standard InChI is InChI=1S/C12H15ClN2O3S2/c13-11-7-9(1-2-10(11)12(14)19)20(16,17)15-8-3-5-18-6-4-8/h1-2,7-8,15H,3-6H2,(H2,14,19). The maximum absolute atomic E-state index is 12.3. The Morgan fingerprint density at radius 1 is 1.40 bits per heavy atom. The van der Waals surface area contributed by atoms with Crippen molar-refractivity contribution in [2.24, 2.45) is 5.73 Å². The highest BCUT2D eigenvalue weighted by molar-refractivity contribution is 7.89. The van der Waals surface area contributed by atoms with E-state index in [2.05, 4.69) is 4.72 Å². The van der Waals surface area contributed by atoms with Gasteiger partial charge in [-0.2, -0.15) is 0 Å². The molecular weight excluding hydrogens is 320 g/mol. The van der Waals surface area contributed by atoms with Crippen LogP contribution >= 0.6 is 23.8 Å². The number of sulfonamides is 1. The zero-order valence-electron chi connectivity index (χ0n) is 10.6. The Kier molecular flexibility index (Phi) is 4.98. The van der Waals surface area contributed by atoms with Crippen LogP contribution in [0, 0.1) is 0 Å². The lowest BCUT2D eigenvalue weighted by atomic mass is 10.1. The SMILES string of the molecule is NC(=S)c1ccc(S(=O)(=O)NC2CCOCC2)cc1Cl. The van der Waals surface area contributed by atoms with Gasteiger partial charge in [0.1, 0.15) is 4.99 Å². The molecule has 0 amide bonds. The third-order valence-electron chi connectivity index (χ3n) is 3.06. The smallest absolute Gasteiger partial charge is 0.240 e. The van der Waals surface area contributed by atoms with Gasteiger partial charge in [0.25, 0.3) is 0 Å². The van der Waals surface area contributed by atoms with Gasteiger partial charge in [-0.05, 0) is 31.0 Å². The predicted octanol–water partition coefficient (Wildman–Crippen LogP) is 1.43. The maximum Gasteiger partial charge on any atom is 0.240 e. The molecular formula is C12H15ClN2O3S2. The molecule has 1 saturated heterocycles. The number of nitrogens with two attached hydrogens (primary N) is 1. The molecule has 1 fully saturated rings. The highest BCUT2D eigenvalue weighted by Crippen LogP contribution is 2.21. The van der Waals surface area contributed by atoms with Gasteiger partial charge in [-0.3, -0.25) is 0 Å². The molecule has 0 radical (unpaired) electrons. The van der Waals surface area contributed by atoms with E-state index in [9.17, 15) is 8.42 Å². The predicted molar refractivity (Wildman–Crippen MR) is 81.5 cm³/mol. The summed E-state index contributed by atoms with van der Waals surface area (Å²) in [5.41, 5.74) is 5.96. The maximum atomic E-state index is 12.3. The molecule has 1 aliphatic heterocycles. The van der Waals surface area contributed by atoms with E-state index < -0.39 is 10.0 Å². The first-order valence-electron chi connectivity index (χ1n) is 6.09. The van der Waals surface area contributed by atoms with E-state index in [4.69, 9.17) is 34.3 Å². The summed E-state index contributed by atoms with van der Waals surface area (Å²) in [5, 5.41) is 0.229. The summed E-state index contributed by atoms with van der Waals surface area (Å²) in [6, 6.07) is 4.21. The molecule has 1 aromatic rings. The van der Waals surface area contributed by atoms with Crippen LogP contribution in [-0.4, -0.2) is 32.7 Å². The second-order valence-corrected chi connectivity index (χ2v) is 7.07. The summed E-state index contributed by atoms with van der Waals surface area (Å²) in [5.74, 6) is 0. The fourth-order valence-electron chi connectivity index (χ4n) is 1.97. The van der Waals surface area contributed by atoms with Crippen molar-refractivity contribution in [2.45, 2.75) is 23.8 Å². The first-order chi connectivity index (χ1) is 9.40. The second kappa shape index (κ2) is 6.36. The van der Waals surface area contributed by atoms with Crippen LogP contribution in [-0.2, 0) is 14.8 Å². The average Bonchev–Trinajstić information content (AvgIpc) is 2.38. The van der Waals surface area contributed by atoms with Gasteiger partial charge in [0.2, 0.25) is 10.0 Å². The number of ether oxygens (including phenoxy) is 1. The molecule has 20 heavy (non-hydrogen) atoms. The van der Waals surface area contributed by atoms with Gasteiger partial charge in [-0.1, -0.05) is 23.8 Å². The van der Waals surface area contributed by atoms with E-state index in [-0.39, 0.29) is 20.9 Å². The zero-order valence-corrected chi connectivity index (χ0v) is 13.0. The Morgan fingerprint density at radius 3 is 2.60 bits per heavy atom. The van der Waals surface area contributed by atoms with Gasteiger partial charge in [-0.15, -0.1) is 0 Å². The molecule has 0 unspecified atom stereocenters. The monoisotopic (exact) mass is 334 g/mol. The molecule has 110 valence electrons. The molecule has 1 aliphatic rings. The van der Waals surface area contributed by atoms with E-state index in [0.717, 1.165) is 0 Å². The minimum atomic E-state index is -3.60. The molecule has 5 nitrogen and oxygen atoms in total. The van der Waals surface area contributed by atoms with Crippen LogP contribution in [0.15, 0.2) is 23.1 Å². The summed E-state index contributed by atoms with van der Waals surface area (Å²) in [7, 11) is -3.60. The summed E-state index contributed by atoms with van der Waals surface area (Å²) < 4.78 is 32.4. The van der Waals surface area contributed by atoms with Crippen LogP contribution in [0.25, 0.3) is 0 Å². The van der Waals surface area contributed by atoms with Crippen molar-refractivity contribution in [3.05, 3.63) is 28.8 Å². The van der Waals surface area contributed by atoms with E-state index >= 15 is 0 Å². The number of halogens is 1. The highest BCUT2D eigenvalue weighted by atomic mass is 35.5. The van der Waals surface area contributed by atoms with Gasteiger partial charge < -0.3 is 10.5 Å². The third-order valence-corrected chi connectivity index (χ3v) is 5.11. The largest absolute Gasteiger partial charge is 0.389 e. The molecule has 2 rings (SSSR count). The molecule has 0 bridgehead atoms. The quantitative estimate of drug-likeness (QED) is 0.814. The number of thiocarbonyl (C=S) groups is 1. The van der Waals surface area contributed by atoms with Crippen molar-refractivity contribution in [1.82, 2.24) is 4.72 Å². The molecule has 1 heterocycles. The molecule has 0 aliphatic carbocycles. The normalized spacial score (nSPS) is 17.1. The van der Waals surface area contributed by atoms with Crippen molar-refractivity contribution in [3.63, 3.8) is 0 Å². The molecule has 3 N–H and O–H groups in total. The lowest BCUT2D eigenvalue weighted by Crippen LogP contribution is -2.38. The lowest BCUT2D eigenvalue weighted by molar-refractivity contribution is 0.0832. The Bertz CT molecular complexity index is 613. The fraction of sp³-hybridized carbons (Fsp3) is 0.417. The van der Waals surface area contributed by atoms with Gasteiger partial charge in [-0.25, -0.2) is 13.1 Å². The molecule has 0 saturated carbocycles. The Morgan fingerprint density at radius 2 is 2.05 bits per heavy atom. The summed E-state index contributed by atoms with van der Waals surface area (Å²) in [4.78, 5) is 0.241. The first-order valence-corrected chi connectivity index (χ1v) is 8.36. The van der Waals surface area contributed by atoms with Crippen LogP contribution in [0.3, 0.4) is 0 Å². The number of hydrogen-bond donors (Lipinski definition) is 2. The van der Waals surface area contributed by atoms with Gasteiger partial charge in [0.15, 0.2) is 0 Å². The third kappa shape index (κ3) is 3.67. The van der Waals surface area contributed by atoms with E-state index in [0.29, 0.717) is 31.6 Å². The van der Waals surface area contributed by atoms with E-state index in [1.807, 2.05) is 0 Å². The topological polar surface area (TPSA) is 81.4 Å². The van der Waals surface area contributed by atoms with Crippen LogP contribution < -0.4 is 10.5 Å². The van der Waals surface area contributed by atoms with Crippen molar-refractivity contribution in [3.8, 4) is 0 Å². The van der Waals surface area contributed by atoms with Gasteiger partial charge >= 0.3 is 0 Å². The summed E-state index contributed by atoms with van der Waals surface area (Å²) >= 11 is 10.8. The minimum Gasteiger partial charge on any atom is -0.389 e. The van der Waals surface area contributed by atoms with Crippen molar-refractivity contribution < 1.29 is 13.2 Å². The Balaban J connectivity index is 2.20. The van der Waals surface area contributed by atoms with Crippen molar-refractivity contribution in [1.29, 1.82) is 0 Å². The van der Waals surface area contributed by atoms with Gasteiger partial charge in [0.05, 0.1) is 9.92 Å². The molecule has 1 aromatic carbocycles. The summed E-state index contributed by atoms with van der Waals surface area (Å²) in [6.07, 6.45) is 1.33. The van der Waals surface area contributed by atoms with Crippen LogP contribution in [0.1, 0.15) is 18.4 Å².